The van der Waals surface area contributed by atoms with Crippen LogP contribution in [0.25, 0.3) is 10.9 Å². The van der Waals surface area contributed by atoms with Gasteiger partial charge in [0.1, 0.15) is 0 Å². The highest BCUT2D eigenvalue weighted by atomic mass is 35.5. The van der Waals surface area contributed by atoms with E-state index in [2.05, 4.69) is 4.98 Å². The zero-order chi connectivity index (χ0) is 19.8. The predicted octanol–water partition coefficient (Wildman–Crippen LogP) is 3.90. The van der Waals surface area contributed by atoms with Crippen LogP contribution < -0.4 is 5.56 Å². The molecule has 2 aromatic heterocycles. The van der Waals surface area contributed by atoms with Crippen molar-refractivity contribution in [2.75, 3.05) is 13.1 Å². The Kier molecular flexibility index (Phi) is 3.74. The molecule has 3 aromatic rings. The Labute approximate surface area is 171 Å². The molecule has 7 heteroatoms. The maximum Gasteiger partial charge on any atom is 0.258 e. The molecule has 0 radical (unpaired) electrons. The van der Waals surface area contributed by atoms with Crippen molar-refractivity contribution in [3.63, 3.8) is 0 Å². The van der Waals surface area contributed by atoms with Crippen molar-refractivity contribution in [2.24, 2.45) is 13.0 Å². The Morgan fingerprint density at radius 2 is 1.96 bits per heavy atom. The van der Waals surface area contributed by atoms with Crippen LogP contribution in [0.1, 0.15) is 27.9 Å². The SMILES string of the molecule is Cc1c[nH]c(=O)c2c(C(=O)N3CC4CC4(c4cc(Cl)cc(Cl)c4)C3)cn(C)c12. The second-order valence-electron chi connectivity index (χ2n) is 8.08. The minimum absolute atomic E-state index is 0.0723. The summed E-state index contributed by atoms with van der Waals surface area (Å²) in [6.07, 6.45) is 4.48. The van der Waals surface area contributed by atoms with Crippen molar-refractivity contribution < 1.29 is 4.79 Å². The largest absolute Gasteiger partial charge is 0.349 e. The van der Waals surface area contributed by atoms with Gasteiger partial charge in [-0.2, -0.15) is 0 Å². The quantitative estimate of drug-likeness (QED) is 0.689. The van der Waals surface area contributed by atoms with Crippen molar-refractivity contribution in [3.8, 4) is 0 Å². The second kappa shape index (κ2) is 5.88. The molecule has 2 atom stereocenters. The Balaban J connectivity index is 1.51. The van der Waals surface area contributed by atoms with Gasteiger partial charge in [-0.1, -0.05) is 23.2 Å². The fraction of sp³-hybridized carbons (Fsp3) is 0.333. The van der Waals surface area contributed by atoms with Crippen LogP contribution >= 0.6 is 23.2 Å². The first-order valence-electron chi connectivity index (χ1n) is 9.23. The van der Waals surface area contributed by atoms with Gasteiger partial charge < -0.3 is 14.5 Å². The maximum atomic E-state index is 13.3. The topological polar surface area (TPSA) is 58.1 Å². The monoisotopic (exact) mass is 415 g/mol. The summed E-state index contributed by atoms with van der Waals surface area (Å²) in [6.45, 7) is 3.23. The van der Waals surface area contributed by atoms with E-state index >= 15 is 0 Å². The molecule has 2 fully saturated rings. The molecular weight excluding hydrogens is 397 g/mol. The average molecular weight is 416 g/mol. The number of carbonyl (C=O) groups excluding carboxylic acids is 1. The van der Waals surface area contributed by atoms with E-state index in [1.807, 2.05) is 35.6 Å². The first-order chi connectivity index (χ1) is 13.3. The highest BCUT2D eigenvalue weighted by Crippen LogP contribution is 2.59. The fourth-order valence-corrected chi connectivity index (χ4v) is 5.43. The summed E-state index contributed by atoms with van der Waals surface area (Å²) in [5.74, 6) is 0.308. The number of likely N-dealkylation sites (tertiary alicyclic amines) is 1. The molecule has 1 aliphatic heterocycles. The lowest BCUT2D eigenvalue weighted by molar-refractivity contribution is 0.0774. The maximum absolute atomic E-state index is 13.3. The Morgan fingerprint density at radius 1 is 1.25 bits per heavy atom. The van der Waals surface area contributed by atoms with Crippen LogP contribution in [0, 0.1) is 12.8 Å². The molecule has 1 amide bonds. The Hall–Kier alpha value is -2.24. The van der Waals surface area contributed by atoms with Crippen LogP contribution in [0.3, 0.4) is 0 Å². The van der Waals surface area contributed by atoms with Crippen LogP contribution in [0.15, 0.2) is 35.4 Å². The smallest absolute Gasteiger partial charge is 0.258 e. The molecule has 1 saturated carbocycles. The summed E-state index contributed by atoms with van der Waals surface area (Å²) in [7, 11) is 1.86. The molecule has 2 aliphatic rings. The number of hydrogen-bond acceptors (Lipinski definition) is 2. The highest BCUT2D eigenvalue weighted by molar-refractivity contribution is 6.34. The third-order valence-corrected chi connectivity index (χ3v) is 6.74. The van der Waals surface area contributed by atoms with E-state index in [0.29, 0.717) is 40.0 Å². The molecule has 1 saturated heterocycles. The summed E-state index contributed by atoms with van der Waals surface area (Å²) in [6, 6.07) is 5.63. The molecular formula is C21H19Cl2N3O2. The molecule has 1 aromatic carbocycles. The van der Waals surface area contributed by atoms with Crippen molar-refractivity contribution in [3.05, 3.63) is 67.7 Å². The number of hydrogen-bond donors (Lipinski definition) is 1. The third-order valence-electron chi connectivity index (χ3n) is 6.30. The number of aryl methyl sites for hydroxylation is 2. The predicted molar refractivity (Wildman–Crippen MR) is 110 cm³/mol. The molecule has 0 bridgehead atoms. The van der Waals surface area contributed by atoms with Crippen LogP contribution in [0.2, 0.25) is 10.0 Å². The zero-order valence-electron chi connectivity index (χ0n) is 15.6. The number of aromatic nitrogens is 2. The Morgan fingerprint density at radius 3 is 2.68 bits per heavy atom. The van der Waals surface area contributed by atoms with E-state index in [4.69, 9.17) is 23.2 Å². The number of H-pyrrole nitrogens is 1. The lowest BCUT2D eigenvalue weighted by Gasteiger charge is -2.21. The molecule has 5 nitrogen and oxygen atoms in total. The summed E-state index contributed by atoms with van der Waals surface area (Å²) in [4.78, 5) is 30.4. The van der Waals surface area contributed by atoms with Crippen molar-refractivity contribution in [1.82, 2.24) is 14.5 Å². The lowest BCUT2D eigenvalue weighted by Crippen LogP contribution is -2.33. The summed E-state index contributed by atoms with van der Waals surface area (Å²) < 4.78 is 1.86. The number of aromatic amines is 1. The van der Waals surface area contributed by atoms with E-state index in [1.165, 1.54) is 0 Å². The first-order valence-corrected chi connectivity index (χ1v) is 9.99. The van der Waals surface area contributed by atoms with E-state index < -0.39 is 0 Å². The normalized spacial score (nSPS) is 23.3. The van der Waals surface area contributed by atoms with Crippen LogP contribution in [0.4, 0.5) is 0 Å². The van der Waals surface area contributed by atoms with Gasteiger partial charge in [0.15, 0.2) is 0 Å². The molecule has 28 heavy (non-hydrogen) atoms. The zero-order valence-corrected chi connectivity index (χ0v) is 17.1. The number of nitrogens with one attached hydrogen (secondary N) is 1. The molecule has 3 heterocycles. The molecule has 1 N–H and O–H groups in total. The van der Waals surface area contributed by atoms with Gasteiger partial charge in [0, 0.05) is 48.0 Å². The number of nitrogens with zero attached hydrogens (tertiary/aromatic N) is 2. The van der Waals surface area contributed by atoms with Gasteiger partial charge in [-0.05, 0) is 48.6 Å². The fourth-order valence-electron chi connectivity index (χ4n) is 4.90. The summed E-state index contributed by atoms with van der Waals surface area (Å²) in [5.41, 5.74) is 2.99. The number of halogens is 2. The standard InChI is InChI=1S/C21H19Cl2N3O2/c1-11-7-24-19(27)17-16(9-25(2)18(11)17)20(28)26-8-13-6-21(13,10-26)12-3-14(22)5-15(23)4-12/h3-5,7,9,13H,6,8,10H2,1-2H3,(H,24,27). The van der Waals surface area contributed by atoms with Gasteiger partial charge >= 0.3 is 0 Å². The number of fused-ring (bicyclic) bond motifs is 2. The number of pyridine rings is 1. The second-order valence-corrected chi connectivity index (χ2v) is 8.95. The lowest BCUT2D eigenvalue weighted by atomic mass is 9.95. The minimum Gasteiger partial charge on any atom is -0.349 e. The van der Waals surface area contributed by atoms with Crippen molar-refractivity contribution in [1.29, 1.82) is 0 Å². The number of rotatable bonds is 2. The van der Waals surface area contributed by atoms with Gasteiger partial charge in [0.2, 0.25) is 0 Å². The number of benzene rings is 1. The molecule has 5 rings (SSSR count). The number of carbonyl (C=O) groups is 1. The Bertz CT molecular complexity index is 1190. The molecule has 0 spiro atoms. The highest BCUT2D eigenvalue weighted by Gasteiger charge is 2.61. The van der Waals surface area contributed by atoms with E-state index in [-0.39, 0.29) is 16.9 Å². The van der Waals surface area contributed by atoms with E-state index in [9.17, 15) is 9.59 Å². The van der Waals surface area contributed by atoms with Gasteiger partial charge in [-0.25, -0.2) is 0 Å². The van der Waals surface area contributed by atoms with E-state index in [1.54, 1.807) is 18.5 Å². The van der Waals surface area contributed by atoms with Crippen LogP contribution in [-0.4, -0.2) is 33.4 Å². The van der Waals surface area contributed by atoms with Crippen molar-refractivity contribution >= 4 is 40.0 Å². The van der Waals surface area contributed by atoms with Crippen LogP contribution in [-0.2, 0) is 12.5 Å². The van der Waals surface area contributed by atoms with Crippen LogP contribution in [0.5, 0.6) is 0 Å². The first kappa shape index (κ1) is 17.8. The van der Waals surface area contributed by atoms with Gasteiger partial charge in [-0.3, -0.25) is 9.59 Å². The summed E-state index contributed by atoms with van der Waals surface area (Å²) in [5, 5.41) is 1.69. The molecule has 144 valence electrons. The molecule has 2 unspecified atom stereocenters. The van der Waals surface area contributed by atoms with E-state index in [0.717, 1.165) is 23.1 Å². The van der Waals surface area contributed by atoms with Gasteiger partial charge in [-0.15, -0.1) is 0 Å². The third kappa shape index (κ3) is 2.46. The van der Waals surface area contributed by atoms with Gasteiger partial charge in [0.05, 0.1) is 16.5 Å². The molecule has 1 aliphatic carbocycles. The average Bonchev–Trinajstić information content (AvgIpc) is 3.02. The van der Waals surface area contributed by atoms with Gasteiger partial charge in [0.25, 0.3) is 11.5 Å². The minimum atomic E-state index is -0.231. The number of amides is 1. The van der Waals surface area contributed by atoms with Crippen molar-refractivity contribution in [2.45, 2.75) is 18.8 Å². The number of piperidine rings is 1. The summed E-state index contributed by atoms with van der Waals surface area (Å²) >= 11 is 12.4.